The summed E-state index contributed by atoms with van der Waals surface area (Å²) in [4.78, 5) is 12.3. The van der Waals surface area contributed by atoms with Gasteiger partial charge in [0.25, 0.3) is 5.91 Å². The maximum absolute atomic E-state index is 12.3. The number of rotatable bonds is 11. The molecule has 142 valence electrons. The van der Waals surface area contributed by atoms with Gasteiger partial charge in [0.15, 0.2) is 0 Å². The predicted octanol–water partition coefficient (Wildman–Crippen LogP) is 3.82. The maximum atomic E-state index is 12.3. The van der Waals surface area contributed by atoms with Crippen molar-refractivity contribution in [2.75, 3.05) is 13.3 Å². The van der Waals surface area contributed by atoms with Crippen LogP contribution in [0.15, 0.2) is 30.3 Å². The van der Waals surface area contributed by atoms with E-state index in [9.17, 15) is 9.18 Å². The molecule has 5 nitrogen and oxygen atoms in total. The second-order valence-corrected chi connectivity index (χ2v) is 6.28. The third kappa shape index (κ3) is 6.17. The Bertz CT molecular complexity index is 700. The van der Waals surface area contributed by atoms with Crippen molar-refractivity contribution < 1.29 is 13.9 Å². The molecule has 0 saturated heterocycles. The minimum atomic E-state index is -0.243. The van der Waals surface area contributed by atoms with E-state index in [2.05, 4.69) is 10.4 Å². The van der Waals surface area contributed by atoms with Gasteiger partial charge < -0.3 is 10.1 Å². The van der Waals surface area contributed by atoms with Crippen molar-refractivity contribution >= 4 is 5.91 Å². The van der Waals surface area contributed by atoms with Crippen molar-refractivity contribution in [1.29, 1.82) is 0 Å². The van der Waals surface area contributed by atoms with Crippen LogP contribution in [0.4, 0.5) is 4.39 Å². The molecule has 1 heterocycles. The van der Waals surface area contributed by atoms with Crippen LogP contribution in [-0.4, -0.2) is 29.0 Å². The van der Waals surface area contributed by atoms with E-state index in [1.54, 1.807) is 11.7 Å². The molecule has 6 heteroatoms. The van der Waals surface area contributed by atoms with Crippen molar-refractivity contribution in [2.24, 2.45) is 7.05 Å². The predicted molar refractivity (Wildman–Crippen MR) is 100 cm³/mol. The molecule has 2 rings (SSSR count). The SMILES string of the molecule is CCc1cc(C(=O)NCc2cccc(OCCCCCCF)c2)n(C)n1. The van der Waals surface area contributed by atoms with Crippen molar-refractivity contribution in [3.05, 3.63) is 47.3 Å². The van der Waals surface area contributed by atoms with Crippen LogP contribution in [0.25, 0.3) is 0 Å². The highest BCUT2D eigenvalue weighted by molar-refractivity contribution is 5.92. The van der Waals surface area contributed by atoms with E-state index < -0.39 is 0 Å². The molecule has 0 aliphatic heterocycles. The summed E-state index contributed by atoms with van der Waals surface area (Å²) in [5, 5.41) is 7.22. The molecule has 0 atom stereocenters. The highest BCUT2D eigenvalue weighted by Gasteiger charge is 2.12. The number of alkyl halides is 1. The van der Waals surface area contributed by atoms with E-state index in [4.69, 9.17) is 4.74 Å². The molecule has 1 aromatic carbocycles. The number of benzene rings is 1. The molecule has 1 amide bonds. The van der Waals surface area contributed by atoms with E-state index in [1.807, 2.05) is 37.3 Å². The first-order valence-electron chi connectivity index (χ1n) is 9.23. The van der Waals surface area contributed by atoms with Crippen LogP contribution in [0, 0.1) is 0 Å². The summed E-state index contributed by atoms with van der Waals surface area (Å²) in [6, 6.07) is 9.52. The molecule has 1 N–H and O–H groups in total. The fourth-order valence-electron chi connectivity index (χ4n) is 2.67. The Morgan fingerprint density at radius 2 is 2.04 bits per heavy atom. The van der Waals surface area contributed by atoms with Crippen LogP contribution in [0.2, 0.25) is 0 Å². The van der Waals surface area contributed by atoms with Crippen molar-refractivity contribution in [1.82, 2.24) is 15.1 Å². The molecule has 0 saturated carbocycles. The van der Waals surface area contributed by atoms with Gasteiger partial charge >= 0.3 is 0 Å². The normalized spacial score (nSPS) is 10.7. The Morgan fingerprint density at radius 3 is 2.77 bits per heavy atom. The Balaban J connectivity index is 1.80. The first-order chi connectivity index (χ1) is 12.6. The summed E-state index contributed by atoms with van der Waals surface area (Å²) in [6.45, 7) is 2.82. The van der Waals surface area contributed by atoms with E-state index in [1.165, 1.54) is 0 Å². The Hall–Kier alpha value is -2.37. The lowest BCUT2D eigenvalue weighted by atomic mass is 10.2. The summed E-state index contributed by atoms with van der Waals surface area (Å²) in [5.74, 6) is 0.648. The number of aryl methyl sites for hydroxylation is 2. The van der Waals surface area contributed by atoms with Gasteiger partial charge in [0.1, 0.15) is 11.4 Å². The molecular formula is C20H28FN3O2. The van der Waals surface area contributed by atoms with E-state index in [0.717, 1.165) is 42.7 Å². The molecule has 0 spiro atoms. The third-order valence-corrected chi connectivity index (χ3v) is 4.17. The fraction of sp³-hybridized carbons (Fsp3) is 0.500. The summed E-state index contributed by atoms with van der Waals surface area (Å²) in [7, 11) is 1.77. The summed E-state index contributed by atoms with van der Waals surface area (Å²) >= 11 is 0. The van der Waals surface area contributed by atoms with E-state index in [-0.39, 0.29) is 12.6 Å². The molecule has 26 heavy (non-hydrogen) atoms. The van der Waals surface area contributed by atoms with Crippen molar-refractivity contribution in [3.8, 4) is 5.75 Å². The Labute approximate surface area is 154 Å². The first-order valence-corrected chi connectivity index (χ1v) is 9.23. The lowest BCUT2D eigenvalue weighted by Crippen LogP contribution is -2.25. The molecule has 0 fully saturated rings. The molecule has 0 aliphatic carbocycles. The number of nitrogens with zero attached hydrogens (tertiary/aromatic N) is 2. The highest BCUT2D eigenvalue weighted by atomic mass is 19.1. The molecule has 0 unspecified atom stereocenters. The number of ether oxygens (including phenoxy) is 1. The molecule has 1 aromatic heterocycles. The average Bonchev–Trinajstić information content (AvgIpc) is 3.04. The highest BCUT2D eigenvalue weighted by Crippen LogP contribution is 2.14. The molecule has 0 radical (unpaired) electrons. The van der Waals surface area contributed by atoms with Gasteiger partial charge in [-0.1, -0.05) is 25.5 Å². The Morgan fingerprint density at radius 1 is 1.23 bits per heavy atom. The van der Waals surface area contributed by atoms with Crippen molar-refractivity contribution in [3.63, 3.8) is 0 Å². The number of hydrogen-bond acceptors (Lipinski definition) is 3. The molecule has 2 aromatic rings. The lowest BCUT2D eigenvalue weighted by molar-refractivity contribution is 0.0941. The van der Waals surface area contributed by atoms with Crippen LogP contribution in [0.5, 0.6) is 5.75 Å². The smallest absolute Gasteiger partial charge is 0.269 e. The number of hydrogen-bond donors (Lipinski definition) is 1. The second-order valence-electron chi connectivity index (χ2n) is 6.28. The topological polar surface area (TPSA) is 56.1 Å². The monoisotopic (exact) mass is 361 g/mol. The van der Waals surface area contributed by atoms with Gasteiger partial charge in [0, 0.05) is 13.6 Å². The van der Waals surface area contributed by atoms with Gasteiger partial charge in [0.05, 0.1) is 19.0 Å². The van der Waals surface area contributed by atoms with Crippen LogP contribution in [-0.2, 0) is 20.0 Å². The molecular weight excluding hydrogens is 333 g/mol. The standard InChI is InChI=1S/C20H28FN3O2/c1-3-17-14-19(24(2)23-17)20(25)22-15-16-9-8-10-18(13-16)26-12-7-5-4-6-11-21/h8-10,13-14H,3-7,11-12,15H2,1-2H3,(H,22,25). The first kappa shape index (κ1) is 19.9. The number of carbonyl (C=O) groups is 1. The third-order valence-electron chi connectivity index (χ3n) is 4.17. The number of unbranched alkanes of at least 4 members (excludes halogenated alkanes) is 3. The molecule has 0 bridgehead atoms. The van der Waals surface area contributed by atoms with Gasteiger partial charge in [-0.15, -0.1) is 0 Å². The van der Waals surface area contributed by atoms with Crippen molar-refractivity contribution in [2.45, 2.75) is 45.6 Å². The van der Waals surface area contributed by atoms with Gasteiger partial charge in [0.2, 0.25) is 0 Å². The number of amides is 1. The number of aromatic nitrogens is 2. The van der Waals surface area contributed by atoms with Crippen LogP contribution in [0.3, 0.4) is 0 Å². The zero-order valence-electron chi connectivity index (χ0n) is 15.6. The zero-order valence-corrected chi connectivity index (χ0v) is 15.6. The van der Waals surface area contributed by atoms with Crippen LogP contribution >= 0.6 is 0 Å². The number of halogens is 1. The fourth-order valence-corrected chi connectivity index (χ4v) is 2.67. The summed E-state index contributed by atoms with van der Waals surface area (Å²) in [5.41, 5.74) is 2.44. The van der Waals surface area contributed by atoms with Gasteiger partial charge in [-0.05, 0) is 49.4 Å². The average molecular weight is 361 g/mol. The van der Waals surface area contributed by atoms with E-state index >= 15 is 0 Å². The minimum absolute atomic E-state index is 0.140. The van der Waals surface area contributed by atoms with Gasteiger partial charge in [-0.3, -0.25) is 13.9 Å². The number of carbonyl (C=O) groups excluding carboxylic acids is 1. The largest absolute Gasteiger partial charge is 0.494 e. The van der Waals surface area contributed by atoms with Gasteiger partial charge in [-0.25, -0.2) is 0 Å². The summed E-state index contributed by atoms with van der Waals surface area (Å²) < 4.78 is 19.4. The lowest BCUT2D eigenvalue weighted by Gasteiger charge is -2.09. The molecule has 0 aliphatic rings. The minimum Gasteiger partial charge on any atom is -0.494 e. The quantitative estimate of drug-likeness (QED) is 0.619. The van der Waals surface area contributed by atoms with E-state index in [0.29, 0.717) is 25.3 Å². The maximum Gasteiger partial charge on any atom is 0.269 e. The summed E-state index contributed by atoms with van der Waals surface area (Å²) in [6.07, 6.45) is 4.23. The van der Waals surface area contributed by atoms with Crippen LogP contribution in [0.1, 0.15) is 54.4 Å². The number of nitrogens with one attached hydrogen (secondary N) is 1. The van der Waals surface area contributed by atoms with Crippen LogP contribution < -0.4 is 10.1 Å². The van der Waals surface area contributed by atoms with Gasteiger partial charge in [-0.2, -0.15) is 5.10 Å². The Kier molecular flexibility index (Phi) is 8.12. The second kappa shape index (κ2) is 10.6. The zero-order chi connectivity index (χ0) is 18.8.